The van der Waals surface area contributed by atoms with Gasteiger partial charge in [-0.15, -0.1) is 0 Å². The molecule has 2 aromatic carbocycles. The van der Waals surface area contributed by atoms with Crippen LogP contribution in [0.25, 0.3) is 0 Å². The van der Waals surface area contributed by atoms with E-state index in [1.165, 1.54) is 16.4 Å². The Morgan fingerprint density at radius 2 is 1.91 bits per heavy atom. The SMILES string of the molecule is Cc1ccc(S(=O)(=O)N2CCNCC2c2cccc(F)c2)cc1. The van der Waals surface area contributed by atoms with Crippen molar-refractivity contribution in [1.29, 1.82) is 0 Å². The summed E-state index contributed by atoms with van der Waals surface area (Å²) >= 11 is 0. The summed E-state index contributed by atoms with van der Waals surface area (Å²) in [5, 5.41) is 3.19. The van der Waals surface area contributed by atoms with Gasteiger partial charge in [0.25, 0.3) is 0 Å². The van der Waals surface area contributed by atoms with Crippen molar-refractivity contribution in [3.05, 3.63) is 65.5 Å². The van der Waals surface area contributed by atoms with Gasteiger partial charge >= 0.3 is 0 Å². The van der Waals surface area contributed by atoms with E-state index in [1.54, 1.807) is 36.4 Å². The van der Waals surface area contributed by atoms with E-state index in [1.807, 2.05) is 6.92 Å². The molecule has 0 aromatic heterocycles. The lowest BCUT2D eigenvalue weighted by molar-refractivity contribution is 0.271. The summed E-state index contributed by atoms with van der Waals surface area (Å²) in [6.07, 6.45) is 0. The summed E-state index contributed by atoms with van der Waals surface area (Å²) in [6, 6.07) is 12.5. The molecule has 0 bridgehead atoms. The van der Waals surface area contributed by atoms with Gasteiger partial charge in [-0.1, -0.05) is 29.8 Å². The van der Waals surface area contributed by atoms with Gasteiger partial charge in [-0.3, -0.25) is 0 Å². The van der Waals surface area contributed by atoms with Crippen molar-refractivity contribution in [2.75, 3.05) is 19.6 Å². The first-order valence-electron chi connectivity index (χ1n) is 7.53. The highest BCUT2D eigenvalue weighted by Gasteiger charge is 2.34. The fourth-order valence-electron chi connectivity index (χ4n) is 2.82. The number of aryl methyl sites for hydroxylation is 1. The largest absolute Gasteiger partial charge is 0.313 e. The van der Waals surface area contributed by atoms with Gasteiger partial charge in [-0.25, -0.2) is 12.8 Å². The van der Waals surface area contributed by atoms with E-state index < -0.39 is 16.1 Å². The molecular formula is C17H19FN2O2S. The molecule has 0 saturated carbocycles. The van der Waals surface area contributed by atoms with Gasteiger partial charge in [0.2, 0.25) is 10.0 Å². The number of nitrogens with zero attached hydrogens (tertiary/aromatic N) is 1. The molecule has 1 N–H and O–H groups in total. The summed E-state index contributed by atoms with van der Waals surface area (Å²) in [5.74, 6) is -0.360. The van der Waals surface area contributed by atoms with E-state index in [2.05, 4.69) is 5.32 Å². The topological polar surface area (TPSA) is 49.4 Å². The van der Waals surface area contributed by atoms with Gasteiger partial charge < -0.3 is 5.32 Å². The summed E-state index contributed by atoms with van der Waals surface area (Å²) in [5.41, 5.74) is 1.67. The van der Waals surface area contributed by atoms with Crippen molar-refractivity contribution in [1.82, 2.24) is 9.62 Å². The van der Waals surface area contributed by atoms with Gasteiger partial charge in [-0.2, -0.15) is 4.31 Å². The van der Waals surface area contributed by atoms with Gasteiger partial charge in [0, 0.05) is 19.6 Å². The second-order valence-corrected chi connectivity index (χ2v) is 7.59. The monoisotopic (exact) mass is 334 g/mol. The van der Waals surface area contributed by atoms with Crippen molar-refractivity contribution in [2.24, 2.45) is 0 Å². The van der Waals surface area contributed by atoms with Crippen LogP contribution >= 0.6 is 0 Å². The van der Waals surface area contributed by atoms with E-state index in [0.717, 1.165) is 5.56 Å². The van der Waals surface area contributed by atoms with Crippen LogP contribution in [-0.4, -0.2) is 32.4 Å². The third kappa shape index (κ3) is 3.29. The summed E-state index contributed by atoms with van der Waals surface area (Å²) < 4.78 is 40.9. The van der Waals surface area contributed by atoms with Gasteiger partial charge in [0.1, 0.15) is 5.82 Å². The van der Waals surface area contributed by atoms with Crippen LogP contribution in [-0.2, 0) is 10.0 Å². The molecule has 3 rings (SSSR count). The molecule has 0 amide bonds. The first-order chi connectivity index (χ1) is 11.0. The Morgan fingerprint density at radius 3 is 2.61 bits per heavy atom. The maximum atomic E-state index is 13.5. The zero-order chi connectivity index (χ0) is 16.4. The molecule has 1 aliphatic heterocycles. The average molecular weight is 334 g/mol. The van der Waals surface area contributed by atoms with Crippen LogP contribution in [0, 0.1) is 12.7 Å². The minimum Gasteiger partial charge on any atom is -0.313 e. The maximum Gasteiger partial charge on any atom is 0.243 e. The quantitative estimate of drug-likeness (QED) is 0.938. The van der Waals surface area contributed by atoms with E-state index in [-0.39, 0.29) is 10.7 Å². The smallest absolute Gasteiger partial charge is 0.243 e. The number of piperazine rings is 1. The predicted octanol–water partition coefficient (Wildman–Crippen LogP) is 2.47. The zero-order valence-corrected chi connectivity index (χ0v) is 13.7. The highest BCUT2D eigenvalue weighted by Crippen LogP contribution is 2.29. The Balaban J connectivity index is 1.99. The molecule has 122 valence electrons. The molecule has 4 nitrogen and oxygen atoms in total. The molecule has 1 saturated heterocycles. The van der Waals surface area contributed by atoms with Crippen molar-refractivity contribution >= 4 is 10.0 Å². The molecule has 1 heterocycles. The lowest BCUT2D eigenvalue weighted by Gasteiger charge is -2.35. The molecule has 6 heteroatoms. The molecule has 0 spiro atoms. The van der Waals surface area contributed by atoms with Gasteiger partial charge in [0.15, 0.2) is 0 Å². The van der Waals surface area contributed by atoms with Gasteiger partial charge in [0.05, 0.1) is 10.9 Å². The molecule has 23 heavy (non-hydrogen) atoms. The Bertz CT molecular complexity index is 790. The van der Waals surface area contributed by atoms with Crippen LogP contribution in [0.2, 0.25) is 0 Å². The van der Waals surface area contributed by atoms with Crippen LogP contribution in [0.5, 0.6) is 0 Å². The maximum absolute atomic E-state index is 13.5. The van der Waals surface area contributed by atoms with Crippen LogP contribution in [0.15, 0.2) is 53.4 Å². The van der Waals surface area contributed by atoms with E-state index in [9.17, 15) is 12.8 Å². The minimum atomic E-state index is -3.62. The second kappa shape index (κ2) is 6.39. The molecule has 1 unspecified atom stereocenters. The molecule has 0 radical (unpaired) electrons. The molecule has 2 aromatic rings. The molecule has 0 aliphatic carbocycles. The molecule has 1 fully saturated rings. The normalized spacial score (nSPS) is 19.7. The average Bonchev–Trinajstić information content (AvgIpc) is 2.55. The van der Waals surface area contributed by atoms with E-state index in [0.29, 0.717) is 25.2 Å². The first-order valence-corrected chi connectivity index (χ1v) is 8.97. The summed E-state index contributed by atoms with van der Waals surface area (Å²) in [4.78, 5) is 0.270. The number of rotatable bonds is 3. The third-order valence-corrected chi connectivity index (χ3v) is 5.98. The number of hydrogen-bond donors (Lipinski definition) is 1. The molecule has 1 aliphatic rings. The predicted molar refractivity (Wildman–Crippen MR) is 87.1 cm³/mol. The van der Waals surface area contributed by atoms with Crippen molar-refractivity contribution in [3.63, 3.8) is 0 Å². The van der Waals surface area contributed by atoms with Crippen LogP contribution in [0.3, 0.4) is 0 Å². The second-order valence-electron chi connectivity index (χ2n) is 5.70. The first kappa shape index (κ1) is 16.1. The standard InChI is InChI=1S/C17H19FN2O2S/c1-13-5-7-16(8-6-13)23(21,22)20-10-9-19-12-17(20)14-3-2-4-15(18)11-14/h2-8,11,17,19H,9-10,12H2,1H3. The molecular weight excluding hydrogens is 315 g/mol. The van der Waals surface area contributed by atoms with Crippen molar-refractivity contribution in [3.8, 4) is 0 Å². The zero-order valence-electron chi connectivity index (χ0n) is 12.9. The number of hydrogen-bond acceptors (Lipinski definition) is 3. The summed E-state index contributed by atoms with van der Waals surface area (Å²) in [7, 11) is -3.62. The summed E-state index contributed by atoms with van der Waals surface area (Å²) in [6.45, 7) is 3.32. The highest BCUT2D eigenvalue weighted by molar-refractivity contribution is 7.89. The third-order valence-electron chi connectivity index (χ3n) is 4.06. The Hall–Kier alpha value is -1.76. The van der Waals surface area contributed by atoms with E-state index in [4.69, 9.17) is 0 Å². The Morgan fingerprint density at radius 1 is 1.17 bits per heavy atom. The fraction of sp³-hybridized carbons (Fsp3) is 0.294. The number of halogens is 1. The minimum absolute atomic E-state index is 0.270. The van der Waals surface area contributed by atoms with Crippen molar-refractivity contribution < 1.29 is 12.8 Å². The number of benzene rings is 2. The van der Waals surface area contributed by atoms with Gasteiger partial charge in [-0.05, 0) is 36.8 Å². The fourth-order valence-corrected chi connectivity index (χ4v) is 4.43. The number of nitrogens with one attached hydrogen (secondary N) is 1. The van der Waals surface area contributed by atoms with Crippen LogP contribution in [0.4, 0.5) is 4.39 Å². The lowest BCUT2D eigenvalue weighted by atomic mass is 10.1. The van der Waals surface area contributed by atoms with Crippen LogP contribution < -0.4 is 5.32 Å². The lowest BCUT2D eigenvalue weighted by Crippen LogP contribution is -2.48. The van der Waals surface area contributed by atoms with Crippen LogP contribution in [0.1, 0.15) is 17.2 Å². The Labute approximate surface area is 136 Å². The number of sulfonamides is 1. The molecule has 1 atom stereocenters. The van der Waals surface area contributed by atoms with E-state index >= 15 is 0 Å². The van der Waals surface area contributed by atoms with Crippen molar-refractivity contribution in [2.45, 2.75) is 17.9 Å². The Kier molecular flexibility index (Phi) is 4.48. The highest BCUT2D eigenvalue weighted by atomic mass is 32.2.